The van der Waals surface area contributed by atoms with Gasteiger partial charge in [-0.05, 0) is 85.2 Å². The monoisotopic (exact) mass is 658 g/mol. The molecule has 0 spiro atoms. The fourth-order valence-corrected chi connectivity index (χ4v) is 4.79. The lowest BCUT2D eigenvalue weighted by molar-refractivity contribution is -0.128. The van der Waals surface area contributed by atoms with Gasteiger partial charge in [0.15, 0.2) is 35.2 Å². The van der Waals surface area contributed by atoms with Crippen molar-refractivity contribution in [2.24, 2.45) is 0 Å². The van der Waals surface area contributed by atoms with Crippen LogP contribution in [-0.2, 0) is 16.0 Å². The minimum Gasteiger partial charge on any atom is -0.493 e. The molecule has 0 fully saturated rings. The second-order valence-corrected chi connectivity index (χ2v) is 11.3. The normalized spacial score (nSPS) is 12.4. The van der Waals surface area contributed by atoms with Gasteiger partial charge in [-0.1, -0.05) is 69.3 Å². The van der Waals surface area contributed by atoms with Crippen molar-refractivity contribution in [1.29, 1.82) is 0 Å². The number of methoxy groups -OCH3 is 3. The number of carbonyl (C=O) groups excluding carboxylic acids is 2. The molecule has 3 aromatic carbocycles. The SMILES string of the molecule is CCCNC(=O)C(C)Oc1c(CC)cc(/C=C/c2ccc(/C=C/c3cc(OC)c(OC(C)C(=O)NCCC)c(OC)c3)cc2)cc1OC. The Morgan fingerprint density at radius 3 is 1.38 bits per heavy atom. The molecule has 2 amide bonds. The minimum absolute atomic E-state index is 0.148. The van der Waals surface area contributed by atoms with E-state index in [1.54, 1.807) is 35.2 Å². The summed E-state index contributed by atoms with van der Waals surface area (Å²) >= 11 is 0. The Morgan fingerprint density at radius 2 is 0.979 bits per heavy atom. The maximum absolute atomic E-state index is 12.4. The fourth-order valence-electron chi connectivity index (χ4n) is 4.79. The van der Waals surface area contributed by atoms with Crippen LogP contribution in [0.2, 0.25) is 0 Å². The standard InChI is InChI=1S/C39H50N2O7/c1-9-20-40-38(42)26(4)47-36-32(11-3)22-30(23-33(36)44-6)18-16-28-12-14-29(15-13-28)17-19-31-24-34(45-7)37(35(25-31)46-8)48-27(5)39(43)41-21-10-2/h12-19,22-27H,9-11,20-21H2,1-8H3,(H,40,42)(H,41,43)/b18-16+,19-17+. The molecule has 258 valence electrons. The van der Waals surface area contributed by atoms with Gasteiger partial charge in [-0.25, -0.2) is 0 Å². The molecule has 2 N–H and O–H groups in total. The predicted molar refractivity (Wildman–Crippen MR) is 193 cm³/mol. The van der Waals surface area contributed by atoms with Crippen molar-refractivity contribution in [3.8, 4) is 28.7 Å². The predicted octanol–water partition coefficient (Wildman–Crippen LogP) is 7.20. The molecule has 0 aliphatic carbocycles. The van der Waals surface area contributed by atoms with Gasteiger partial charge in [-0.15, -0.1) is 0 Å². The van der Waals surface area contributed by atoms with Gasteiger partial charge < -0.3 is 34.3 Å². The highest BCUT2D eigenvalue weighted by atomic mass is 16.5. The Balaban J connectivity index is 1.74. The average Bonchev–Trinajstić information content (AvgIpc) is 3.11. The van der Waals surface area contributed by atoms with Crippen LogP contribution in [0.4, 0.5) is 0 Å². The zero-order valence-corrected chi connectivity index (χ0v) is 29.5. The van der Waals surface area contributed by atoms with Gasteiger partial charge >= 0.3 is 0 Å². The van der Waals surface area contributed by atoms with Gasteiger partial charge in [0.2, 0.25) is 5.75 Å². The van der Waals surface area contributed by atoms with Crippen LogP contribution in [0.25, 0.3) is 24.3 Å². The number of hydrogen-bond donors (Lipinski definition) is 2. The van der Waals surface area contributed by atoms with Crippen molar-refractivity contribution in [1.82, 2.24) is 10.6 Å². The molecule has 0 aromatic heterocycles. The molecule has 3 aromatic rings. The molecule has 2 atom stereocenters. The molecular formula is C39H50N2O7. The van der Waals surface area contributed by atoms with Crippen LogP contribution in [-0.4, -0.2) is 58.4 Å². The summed E-state index contributed by atoms with van der Waals surface area (Å²) < 4.78 is 28.9. The molecule has 9 nitrogen and oxygen atoms in total. The van der Waals surface area contributed by atoms with Crippen LogP contribution < -0.4 is 34.3 Å². The lowest BCUT2D eigenvalue weighted by Gasteiger charge is -2.20. The number of aryl methyl sites for hydroxylation is 1. The van der Waals surface area contributed by atoms with Gasteiger partial charge in [0.1, 0.15) is 0 Å². The Bertz CT molecular complexity index is 1400. The van der Waals surface area contributed by atoms with E-state index in [-0.39, 0.29) is 11.8 Å². The summed E-state index contributed by atoms with van der Waals surface area (Å²) in [5, 5.41) is 5.72. The summed E-state index contributed by atoms with van der Waals surface area (Å²) in [6.45, 7) is 10.7. The van der Waals surface area contributed by atoms with Crippen LogP contribution >= 0.6 is 0 Å². The summed E-state index contributed by atoms with van der Waals surface area (Å²) in [5.74, 6) is 2.15. The third kappa shape index (κ3) is 10.6. The van der Waals surface area contributed by atoms with E-state index in [4.69, 9.17) is 23.7 Å². The molecular weight excluding hydrogens is 608 g/mol. The Labute approximate surface area is 285 Å². The number of amides is 2. The third-order valence-corrected chi connectivity index (χ3v) is 7.54. The maximum atomic E-state index is 12.4. The van der Waals surface area contributed by atoms with Crippen molar-refractivity contribution in [2.75, 3.05) is 34.4 Å². The second-order valence-electron chi connectivity index (χ2n) is 11.3. The van der Waals surface area contributed by atoms with E-state index >= 15 is 0 Å². The van der Waals surface area contributed by atoms with Crippen molar-refractivity contribution in [3.05, 3.63) is 76.3 Å². The highest BCUT2D eigenvalue weighted by Crippen LogP contribution is 2.40. The summed E-state index contributed by atoms with van der Waals surface area (Å²) in [5.41, 5.74) is 4.83. The third-order valence-electron chi connectivity index (χ3n) is 7.54. The van der Waals surface area contributed by atoms with Gasteiger partial charge in [0.25, 0.3) is 11.8 Å². The highest BCUT2D eigenvalue weighted by Gasteiger charge is 2.21. The van der Waals surface area contributed by atoms with Crippen LogP contribution in [0.3, 0.4) is 0 Å². The smallest absolute Gasteiger partial charge is 0.260 e. The van der Waals surface area contributed by atoms with Crippen LogP contribution in [0.15, 0.2) is 48.5 Å². The zero-order chi connectivity index (χ0) is 35.1. The molecule has 0 aliphatic rings. The first-order valence-electron chi connectivity index (χ1n) is 16.5. The van der Waals surface area contributed by atoms with Gasteiger partial charge in [-0.2, -0.15) is 0 Å². The maximum Gasteiger partial charge on any atom is 0.260 e. The van der Waals surface area contributed by atoms with Gasteiger partial charge in [0.05, 0.1) is 21.3 Å². The molecule has 0 radical (unpaired) electrons. The van der Waals surface area contributed by atoms with E-state index in [0.717, 1.165) is 47.1 Å². The minimum atomic E-state index is -0.712. The van der Waals surface area contributed by atoms with E-state index in [2.05, 4.69) is 16.7 Å². The van der Waals surface area contributed by atoms with Crippen molar-refractivity contribution in [3.63, 3.8) is 0 Å². The molecule has 3 rings (SSSR count). The van der Waals surface area contributed by atoms with Gasteiger partial charge in [0, 0.05) is 13.1 Å². The van der Waals surface area contributed by atoms with Crippen LogP contribution in [0.1, 0.15) is 75.3 Å². The Hall–Kier alpha value is -4.92. The highest BCUT2D eigenvalue weighted by molar-refractivity contribution is 5.82. The van der Waals surface area contributed by atoms with Crippen molar-refractivity contribution < 1.29 is 33.3 Å². The zero-order valence-electron chi connectivity index (χ0n) is 29.5. The molecule has 9 heteroatoms. The Morgan fingerprint density at radius 1 is 0.604 bits per heavy atom. The number of carbonyl (C=O) groups is 2. The van der Waals surface area contributed by atoms with Crippen molar-refractivity contribution in [2.45, 2.75) is 66.1 Å². The molecule has 0 saturated heterocycles. The van der Waals surface area contributed by atoms with E-state index in [0.29, 0.717) is 41.8 Å². The first kappa shape index (κ1) is 37.5. The first-order chi connectivity index (χ1) is 23.2. The van der Waals surface area contributed by atoms with Gasteiger partial charge in [-0.3, -0.25) is 9.59 Å². The van der Waals surface area contributed by atoms with E-state index in [1.165, 1.54) is 0 Å². The number of nitrogens with one attached hydrogen (secondary N) is 2. The van der Waals surface area contributed by atoms with E-state index in [9.17, 15) is 9.59 Å². The summed E-state index contributed by atoms with van der Waals surface area (Å²) in [7, 11) is 4.72. The Kier molecular flexibility index (Phi) is 14.9. The van der Waals surface area contributed by atoms with E-state index < -0.39 is 12.2 Å². The van der Waals surface area contributed by atoms with Crippen molar-refractivity contribution >= 4 is 36.1 Å². The molecule has 0 saturated carbocycles. The lowest BCUT2D eigenvalue weighted by Crippen LogP contribution is -2.36. The second kappa shape index (κ2) is 19.0. The molecule has 48 heavy (non-hydrogen) atoms. The fraction of sp³-hybridized carbons (Fsp3) is 0.385. The first-order valence-corrected chi connectivity index (χ1v) is 16.5. The number of rotatable bonds is 18. The molecule has 2 unspecified atom stereocenters. The number of benzene rings is 3. The molecule has 0 aliphatic heterocycles. The molecule has 0 heterocycles. The lowest BCUT2D eigenvalue weighted by atomic mass is 10.0. The number of hydrogen-bond acceptors (Lipinski definition) is 7. The topological polar surface area (TPSA) is 104 Å². The largest absolute Gasteiger partial charge is 0.493 e. The quantitative estimate of drug-likeness (QED) is 0.139. The van der Waals surface area contributed by atoms with Crippen LogP contribution in [0.5, 0.6) is 28.7 Å². The molecule has 0 bridgehead atoms. The summed E-state index contributed by atoms with van der Waals surface area (Å²) in [4.78, 5) is 24.7. The summed E-state index contributed by atoms with van der Waals surface area (Å²) in [6, 6.07) is 15.8. The summed E-state index contributed by atoms with van der Waals surface area (Å²) in [6.07, 6.45) is 9.12. The van der Waals surface area contributed by atoms with E-state index in [1.807, 2.05) is 87.5 Å². The van der Waals surface area contributed by atoms with Crippen LogP contribution in [0, 0.1) is 0 Å². The average molecular weight is 659 g/mol. The number of ether oxygens (including phenoxy) is 5.